The Bertz CT molecular complexity index is 624. The van der Waals surface area contributed by atoms with Gasteiger partial charge in [0.05, 0.1) is 5.38 Å². The van der Waals surface area contributed by atoms with Crippen LogP contribution in [0.25, 0.3) is 0 Å². The van der Waals surface area contributed by atoms with Crippen molar-refractivity contribution in [1.82, 2.24) is 0 Å². The van der Waals surface area contributed by atoms with Gasteiger partial charge in [-0.15, -0.1) is 24.8 Å². The summed E-state index contributed by atoms with van der Waals surface area (Å²) < 4.78 is 66.5. The fourth-order valence-corrected chi connectivity index (χ4v) is 2.04. The van der Waals surface area contributed by atoms with Crippen molar-refractivity contribution in [2.45, 2.75) is 11.7 Å². The minimum Gasteiger partial charge on any atom is -0.406 e. The van der Waals surface area contributed by atoms with E-state index < -0.39 is 29.1 Å². The molecule has 0 radical (unpaired) electrons. The Morgan fingerprint density at radius 2 is 1.57 bits per heavy atom. The molecule has 0 saturated heterocycles. The number of hydrogen-bond acceptors (Lipinski definition) is 1. The molecule has 112 valence electrons. The molecule has 0 heterocycles. The zero-order valence-corrected chi connectivity index (χ0v) is 11.1. The summed E-state index contributed by atoms with van der Waals surface area (Å²) in [6.45, 7) is 0. The second-order valence-corrected chi connectivity index (χ2v) is 4.58. The molecular formula is C14H8ClF5O. The highest BCUT2D eigenvalue weighted by atomic mass is 35.5. The monoisotopic (exact) mass is 322 g/mol. The fourth-order valence-electron chi connectivity index (χ4n) is 1.73. The lowest BCUT2D eigenvalue weighted by Gasteiger charge is -2.13. The molecule has 0 aliphatic carbocycles. The van der Waals surface area contributed by atoms with Gasteiger partial charge < -0.3 is 4.74 Å². The second-order valence-electron chi connectivity index (χ2n) is 4.15. The highest BCUT2D eigenvalue weighted by Gasteiger charge is 2.31. The van der Waals surface area contributed by atoms with E-state index in [2.05, 4.69) is 4.74 Å². The molecule has 2 aromatic carbocycles. The molecule has 1 atom stereocenters. The molecule has 0 aliphatic rings. The quantitative estimate of drug-likeness (QED) is 0.558. The molecule has 0 bridgehead atoms. The van der Waals surface area contributed by atoms with Crippen LogP contribution in [0, 0.1) is 11.6 Å². The Balaban J connectivity index is 2.24. The summed E-state index contributed by atoms with van der Waals surface area (Å²) in [6.07, 6.45) is -4.80. The van der Waals surface area contributed by atoms with E-state index in [-0.39, 0.29) is 5.56 Å². The summed E-state index contributed by atoms with van der Waals surface area (Å²) >= 11 is 6.02. The first-order chi connectivity index (χ1) is 9.76. The maximum absolute atomic E-state index is 13.6. The van der Waals surface area contributed by atoms with Crippen molar-refractivity contribution in [2.24, 2.45) is 0 Å². The minimum atomic E-state index is -4.80. The molecule has 1 unspecified atom stereocenters. The third-order valence-corrected chi connectivity index (χ3v) is 3.12. The average molecular weight is 323 g/mol. The van der Waals surface area contributed by atoms with E-state index in [0.29, 0.717) is 5.56 Å². The number of rotatable bonds is 3. The van der Waals surface area contributed by atoms with Crippen LogP contribution in [0.3, 0.4) is 0 Å². The lowest BCUT2D eigenvalue weighted by atomic mass is 10.0. The van der Waals surface area contributed by atoms with Crippen LogP contribution in [0.15, 0.2) is 42.5 Å². The summed E-state index contributed by atoms with van der Waals surface area (Å²) in [7, 11) is 0. The SMILES string of the molecule is Fc1ccc(F)c(C(Cl)c2ccc(OC(F)(F)F)cc2)c1. The van der Waals surface area contributed by atoms with E-state index in [0.717, 1.165) is 30.3 Å². The maximum atomic E-state index is 13.6. The predicted molar refractivity (Wildman–Crippen MR) is 67.2 cm³/mol. The van der Waals surface area contributed by atoms with Crippen LogP contribution in [0.5, 0.6) is 5.75 Å². The Morgan fingerprint density at radius 3 is 2.14 bits per heavy atom. The largest absolute Gasteiger partial charge is 0.573 e. The van der Waals surface area contributed by atoms with Crippen LogP contribution >= 0.6 is 11.6 Å². The first kappa shape index (κ1) is 15.6. The van der Waals surface area contributed by atoms with Gasteiger partial charge in [-0.3, -0.25) is 0 Å². The van der Waals surface area contributed by atoms with Gasteiger partial charge in [0.2, 0.25) is 0 Å². The molecule has 0 amide bonds. The Hall–Kier alpha value is -1.82. The summed E-state index contributed by atoms with van der Waals surface area (Å²) in [4.78, 5) is 0. The molecule has 0 aromatic heterocycles. The molecular weight excluding hydrogens is 315 g/mol. The first-order valence-electron chi connectivity index (χ1n) is 5.71. The van der Waals surface area contributed by atoms with Crippen LogP contribution in [0.2, 0.25) is 0 Å². The Labute approximate surface area is 121 Å². The van der Waals surface area contributed by atoms with Crippen molar-refractivity contribution in [3.8, 4) is 5.75 Å². The average Bonchev–Trinajstić information content (AvgIpc) is 2.40. The number of ether oxygens (including phenoxy) is 1. The lowest BCUT2D eigenvalue weighted by Crippen LogP contribution is -2.17. The van der Waals surface area contributed by atoms with Gasteiger partial charge in [0, 0.05) is 5.56 Å². The van der Waals surface area contributed by atoms with Crippen LogP contribution < -0.4 is 4.74 Å². The molecule has 0 saturated carbocycles. The first-order valence-corrected chi connectivity index (χ1v) is 6.14. The van der Waals surface area contributed by atoms with E-state index in [1.54, 1.807) is 0 Å². The highest BCUT2D eigenvalue weighted by molar-refractivity contribution is 6.22. The van der Waals surface area contributed by atoms with Crippen LogP contribution in [0.1, 0.15) is 16.5 Å². The van der Waals surface area contributed by atoms with Gasteiger partial charge in [-0.25, -0.2) is 8.78 Å². The van der Waals surface area contributed by atoms with E-state index in [1.807, 2.05) is 0 Å². The fraction of sp³-hybridized carbons (Fsp3) is 0.143. The summed E-state index contributed by atoms with van der Waals surface area (Å²) in [5.41, 5.74) is 0.219. The maximum Gasteiger partial charge on any atom is 0.573 e. The van der Waals surface area contributed by atoms with Crippen molar-refractivity contribution in [3.05, 3.63) is 65.2 Å². The zero-order valence-electron chi connectivity index (χ0n) is 10.3. The molecule has 0 spiro atoms. The Morgan fingerprint density at radius 1 is 0.952 bits per heavy atom. The standard InChI is InChI=1S/C14H8ClF5O/c15-13(11-7-9(16)3-6-12(11)17)8-1-4-10(5-2-8)21-14(18,19)20/h1-7,13H. The van der Waals surface area contributed by atoms with Gasteiger partial charge in [-0.1, -0.05) is 12.1 Å². The van der Waals surface area contributed by atoms with Crippen LogP contribution in [-0.4, -0.2) is 6.36 Å². The van der Waals surface area contributed by atoms with Crippen LogP contribution in [-0.2, 0) is 0 Å². The normalized spacial score (nSPS) is 13.0. The number of alkyl halides is 4. The number of benzene rings is 2. The zero-order chi connectivity index (χ0) is 15.6. The van der Waals surface area contributed by atoms with E-state index in [4.69, 9.17) is 11.6 Å². The third kappa shape index (κ3) is 4.07. The Kier molecular flexibility index (Phi) is 4.37. The van der Waals surface area contributed by atoms with E-state index in [1.165, 1.54) is 12.1 Å². The van der Waals surface area contributed by atoms with Crippen molar-refractivity contribution in [2.75, 3.05) is 0 Å². The van der Waals surface area contributed by atoms with Crippen molar-refractivity contribution >= 4 is 11.6 Å². The molecule has 0 aliphatic heterocycles. The number of halogens is 6. The van der Waals surface area contributed by atoms with Gasteiger partial charge >= 0.3 is 6.36 Å². The minimum absolute atomic E-state index is 0.0962. The second kappa shape index (κ2) is 5.89. The van der Waals surface area contributed by atoms with E-state index >= 15 is 0 Å². The van der Waals surface area contributed by atoms with Gasteiger partial charge in [-0.2, -0.15) is 0 Å². The van der Waals surface area contributed by atoms with Gasteiger partial charge in [0.15, 0.2) is 0 Å². The molecule has 2 aromatic rings. The topological polar surface area (TPSA) is 9.23 Å². The van der Waals surface area contributed by atoms with Gasteiger partial charge in [-0.05, 0) is 35.9 Å². The predicted octanol–water partition coefficient (Wildman–Crippen LogP) is 5.19. The molecule has 1 nitrogen and oxygen atoms in total. The molecule has 2 rings (SSSR count). The summed E-state index contributed by atoms with van der Waals surface area (Å²) in [6, 6.07) is 7.42. The summed E-state index contributed by atoms with van der Waals surface area (Å²) in [5.74, 6) is -1.78. The number of hydrogen-bond donors (Lipinski definition) is 0. The van der Waals surface area contributed by atoms with Crippen molar-refractivity contribution in [3.63, 3.8) is 0 Å². The lowest BCUT2D eigenvalue weighted by molar-refractivity contribution is -0.274. The van der Waals surface area contributed by atoms with E-state index in [9.17, 15) is 22.0 Å². The molecule has 0 N–H and O–H groups in total. The molecule has 0 fully saturated rings. The van der Waals surface area contributed by atoms with Crippen molar-refractivity contribution < 1.29 is 26.7 Å². The van der Waals surface area contributed by atoms with Gasteiger partial charge in [0.1, 0.15) is 17.4 Å². The molecule has 21 heavy (non-hydrogen) atoms. The van der Waals surface area contributed by atoms with Crippen LogP contribution in [0.4, 0.5) is 22.0 Å². The smallest absolute Gasteiger partial charge is 0.406 e. The third-order valence-electron chi connectivity index (χ3n) is 2.64. The van der Waals surface area contributed by atoms with Gasteiger partial charge in [0.25, 0.3) is 0 Å². The molecule has 7 heteroatoms. The highest BCUT2D eigenvalue weighted by Crippen LogP contribution is 2.32. The summed E-state index contributed by atoms with van der Waals surface area (Å²) in [5, 5.41) is -1.03. The van der Waals surface area contributed by atoms with Crippen molar-refractivity contribution in [1.29, 1.82) is 0 Å².